The largest absolute Gasteiger partial charge is 0.329 e. The van der Waals surface area contributed by atoms with Crippen molar-refractivity contribution >= 4 is 5.91 Å². The van der Waals surface area contributed by atoms with Gasteiger partial charge in [0.15, 0.2) is 0 Å². The molecule has 2 fully saturated rings. The monoisotopic (exact) mass is 243 g/mol. The smallest absolute Gasteiger partial charge is 0.224 e. The Morgan fingerprint density at radius 1 is 1.00 bits per heavy atom. The van der Waals surface area contributed by atoms with E-state index in [0.717, 1.165) is 24.7 Å². The Kier molecular flexibility index (Phi) is 2.39. The van der Waals surface area contributed by atoms with E-state index in [1.165, 1.54) is 49.8 Å². The van der Waals surface area contributed by atoms with Crippen LogP contribution in [-0.2, 0) is 4.79 Å². The minimum Gasteiger partial charge on any atom is -0.329 e. The Hall–Kier alpha value is -1.05. The molecule has 3 unspecified atom stereocenters. The molecule has 0 bridgehead atoms. The van der Waals surface area contributed by atoms with Gasteiger partial charge in [0.2, 0.25) is 5.91 Å². The summed E-state index contributed by atoms with van der Waals surface area (Å²) in [6, 6.07) is 0. The van der Waals surface area contributed by atoms with Crippen molar-refractivity contribution in [2.45, 2.75) is 51.4 Å². The Labute approximate surface area is 109 Å². The van der Waals surface area contributed by atoms with Crippen LogP contribution in [0.25, 0.3) is 0 Å². The van der Waals surface area contributed by atoms with Gasteiger partial charge in [0.25, 0.3) is 0 Å². The summed E-state index contributed by atoms with van der Waals surface area (Å²) in [4.78, 5) is 11.7. The fraction of sp³-hybridized carbons (Fsp3) is 0.688. The minimum absolute atomic E-state index is 0.239. The van der Waals surface area contributed by atoms with Gasteiger partial charge in [-0.15, -0.1) is 0 Å². The molecule has 18 heavy (non-hydrogen) atoms. The molecule has 1 saturated heterocycles. The van der Waals surface area contributed by atoms with Crippen molar-refractivity contribution in [2.75, 3.05) is 0 Å². The number of fused-ring (bicyclic) bond motifs is 4. The van der Waals surface area contributed by atoms with Crippen molar-refractivity contribution < 1.29 is 4.79 Å². The summed E-state index contributed by atoms with van der Waals surface area (Å²) in [5.74, 6) is 2.44. The molecular formula is C16H21NO. The molecule has 1 saturated carbocycles. The van der Waals surface area contributed by atoms with Crippen molar-refractivity contribution in [2.24, 2.45) is 17.8 Å². The molecule has 1 amide bonds. The van der Waals surface area contributed by atoms with Crippen molar-refractivity contribution in [1.82, 2.24) is 5.32 Å². The highest BCUT2D eigenvalue weighted by Gasteiger charge is 2.41. The predicted octanol–water partition coefficient (Wildman–Crippen LogP) is 3.31. The number of piperidine rings is 1. The van der Waals surface area contributed by atoms with Gasteiger partial charge in [0.05, 0.1) is 0 Å². The van der Waals surface area contributed by atoms with E-state index in [2.05, 4.69) is 11.4 Å². The molecule has 1 aliphatic heterocycles. The van der Waals surface area contributed by atoms with Crippen molar-refractivity contribution in [3.63, 3.8) is 0 Å². The molecule has 96 valence electrons. The minimum atomic E-state index is 0.239. The quantitative estimate of drug-likeness (QED) is 0.695. The number of allylic oxidation sites excluding steroid dienone is 4. The molecule has 0 spiro atoms. The lowest BCUT2D eigenvalue weighted by atomic mass is 9.72. The molecule has 2 heteroatoms. The second kappa shape index (κ2) is 3.97. The highest BCUT2D eigenvalue weighted by atomic mass is 16.1. The standard InChI is InChI=1S/C16H21NO/c18-15-8-6-10-5-7-13-12-4-2-1-3-11(12)9-14(13)16(10)17-15/h9-10,12-13H,1-8H2,(H,17,18). The first-order valence-electron chi connectivity index (χ1n) is 7.57. The van der Waals surface area contributed by atoms with Crippen LogP contribution in [-0.4, -0.2) is 5.91 Å². The molecule has 0 radical (unpaired) electrons. The van der Waals surface area contributed by atoms with Crippen LogP contribution in [0.2, 0.25) is 0 Å². The second-order valence-electron chi connectivity index (χ2n) is 6.41. The molecule has 0 aromatic carbocycles. The van der Waals surface area contributed by atoms with Gasteiger partial charge in [0, 0.05) is 12.1 Å². The maximum atomic E-state index is 11.7. The zero-order valence-corrected chi connectivity index (χ0v) is 10.9. The summed E-state index contributed by atoms with van der Waals surface area (Å²) < 4.78 is 0. The highest BCUT2D eigenvalue weighted by Crippen LogP contribution is 2.51. The van der Waals surface area contributed by atoms with Crippen LogP contribution in [0, 0.1) is 17.8 Å². The molecule has 0 aromatic heterocycles. The summed E-state index contributed by atoms with van der Waals surface area (Å²) in [6.45, 7) is 0. The van der Waals surface area contributed by atoms with Crippen LogP contribution in [0.4, 0.5) is 0 Å². The molecule has 3 atom stereocenters. The van der Waals surface area contributed by atoms with E-state index in [1.54, 1.807) is 5.57 Å². The van der Waals surface area contributed by atoms with E-state index >= 15 is 0 Å². The molecule has 0 aromatic rings. The number of carbonyl (C=O) groups excluding carboxylic acids is 1. The lowest BCUT2D eigenvalue weighted by Gasteiger charge is -2.37. The number of hydrogen-bond donors (Lipinski definition) is 1. The predicted molar refractivity (Wildman–Crippen MR) is 70.7 cm³/mol. The number of nitrogens with one attached hydrogen (secondary N) is 1. The summed E-state index contributed by atoms with van der Waals surface area (Å²) in [7, 11) is 0. The van der Waals surface area contributed by atoms with Crippen LogP contribution in [0.1, 0.15) is 51.4 Å². The van der Waals surface area contributed by atoms with Gasteiger partial charge < -0.3 is 5.32 Å². The molecule has 4 aliphatic rings. The van der Waals surface area contributed by atoms with E-state index in [-0.39, 0.29) is 5.91 Å². The normalized spacial score (nSPS) is 38.6. The average molecular weight is 243 g/mol. The van der Waals surface area contributed by atoms with E-state index in [9.17, 15) is 4.79 Å². The summed E-state index contributed by atoms with van der Waals surface area (Å²) in [5.41, 5.74) is 4.51. The van der Waals surface area contributed by atoms with Gasteiger partial charge in [-0.25, -0.2) is 0 Å². The van der Waals surface area contributed by atoms with Crippen molar-refractivity contribution in [1.29, 1.82) is 0 Å². The zero-order valence-electron chi connectivity index (χ0n) is 10.9. The third-order valence-corrected chi connectivity index (χ3v) is 5.47. The summed E-state index contributed by atoms with van der Waals surface area (Å²) in [5, 5.41) is 3.20. The Bertz CT molecular complexity index is 460. The first kappa shape index (κ1) is 10.8. The second-order valence-corrected chi connectivity index (χ2v) is 6.41. The molecule has 1 N–H and O–H groups in total. The van der Waals surface area contributed by atoms with E-state index in [4.69, 9.17) is 0 Å². The number of rotatable bonds is 0. The lowest BCUT2D eigenvalue weighted by molar-refractivity contribution is -0.122. The average Bonchev–Trinajstić information content (AvgIpc) is 2.78. The third-order valence-electron chi connectivity index (χ3n) is 5.47. The van der Waals surface area contributed by atoms with Crippen LogP contribution in [0.5, 0.6) is 0 Å². The summed E-state index contributed by atoms with van der Waals surface area (Å²) >= 11 is 0. The number of amides is 1. The fourth-order valence-corrected chi connectivity index (χ4v) is 4.60. The first-order valence-corrected chi connectivity index (χ1v) is 7.57. The Morgan fingerprint density at radius 3 is 2.89 bits per heavy atom. The molecule has 4 rings (SSSR count). The topological polar surface area (TPSA) is 29.1 Å². The maximum Gasteiger partial charge on any atom is 0.224 e. The van der Waals surface area contributed by atoms with Crippen LogP contribution < -0.4 is 5.32 Å². The highest BCUT2D eigenvalue weighted by molar-refractivity contribution is 5.79. The van der Waals surface area contributed by atoms with Gasteiger partial charge in [0.1, 0.15) is 0 Å². The van der Waals surface area contributed by atoms with E-state index in [1.807, 2.05) is 0 Å². The molecule has 3 aliphatic carbocycles. The molecule has 1 heterocycles. The van der Waals surface area contributed by atoms with Crippen molar-refractivity contribution in [3.8, 4) is 0 Å². The van der Waals surface area contributed by atoms with Gasteiger partial charge in [-0.2, -0.15) is 0 Å². The van der Waals surface area contributed by atoms with Crippen LogP contribution >= 0.6 is 0 Å². The Morgan fingerprint density at radius 2 is 1.94 bits per heavy atom. The first-order chi connectivity index (χ1) is 8.83. The molecule has 2 nitrogen and oxygen atoms in total. The van der Waals surface area contributed by atoms with E-state index < -0.39 is 0 Å². The van der Waals surface area contributed by atoms with Crippen LogP contribution in [0.3, 0.4) is 0 Å². The van der Waals surface area contributed by atoms with Gasteiger partial charge >= 0.3 is 0 Å². The van der Waals surface area contributed by atoms with Gasteiger partial charge in [-0.1, -0.05) is 18.1 Å². The fourth-order valence-electron chi connectivity index (χ4n) is 4.60. The Balaban J connectivity index is 1.75. The van der Waals surface area contributed by atoms with E-state index in [0.29, 0.717) is 5.92 Å². The van der Waals surface area contributed by atoms with Gasteiger partial charge in [-0.3, -0.25) is 4.79 Å². The van der Waals surface area contributed by atoms with Crippen LogP contribution in [0.15, 0.2) is 22.9 Å². The maximum absolute atomic E-state index is 11.7. The zero-order chi connectivity index (χ0) is 12.1. The SMILES string of the molecule is O=C1CCC2CCC3C(=C2N1)C=C1CCCCC13. The van der Waals surface area contributed by atoms with Gasteiger partial charge in [-0.05, 0) is 61.9 Å². The number of hydrogen-bond acceptors (Lipinski definition) is 1. The third kappa shape index (κ3) is 1.51. The summed E-state index contributed by atoms with van der Waals surface area (Å²) in [6.07, 6.45) is 12.4. The number of carbonyl (C=O) groups is 1. The van der Waals surface area contributed by atoms with Crippen molar-refractivity contribution in [3.05, 3.63) is 22.9 Å². The lowest BCUT2D eigenvalue weighted by Crippen LogP contribution is -2.37. The molecular weight excluding hydrogens is 222 g/mol.